The lowest BCUT2D eigenvalue weighted by atomic mass is 10.2. The molecule has 4 heteroatoms. The molecule has 0 aliphatic carbocycles. The van der Waals surface area contributed by atoms with E-state index in [-0.39, 0.29) is 5.12 Å². The van der Waals surface area contributed by atoms with Crippen molar-refractivity contribution in [1.29, 1.82) is 0 Å². The van der Waals surface area contributed by atoms with E-state index in [1.807, 2.05) is 48.5 Å². The molecule has 2 aromatic carbocycles. The maximum Gasteiger partial charge on any atom is 0.210 e. The fourth-order valence-electron chi connectivity index (χ4n) is 2.00. The summed E-state index contributed by atoms with van der Waals surface area (Å²) >= 11 is 0. The Kier molecular flexibility index (Phi) is 3.09. The molecule has 2 aromatic rings. The topological polar surface area (TPSA) is 38.7 Å². The molecule has 0 saturated carbocycles. The first-order chi connectivity index (χ1) is 9.29. The third-order valence-electron chi connectivity index (χ3n) is 3.02. The number of ether oxygens (including phenoxy) is 1. The lowest BCUT2D eigenvalue weighted by Crippen LogP contribution is -2.06. The summed E-state index contributed by atoms with van der Waals surface area (Å²) in [7, 11) is 0.611. The fraction of sp³-hybridized carbons (Fsp3) is 0.0667. The van der Waals surface area contributed by atoms with Crippen LogP contribution in [0.3, 0.4) is 0 Å². The second-order valence-corrected chi connectivity index (χ2v) is 6.03. The minimum atomic E-state index is -1.02. The first-order valence-electron chi connectivity index (χ1n) is 5.90. The van der Waals surface area contributed by atoms with E-state index < -0.39 is 10.9 Å². The molecule has 3 rings (SSSR count). The van der Waals surface area contributed by atoms with E-state index in [4.69, 9.17) is 4.74 Å². The van der Waals surface area contributed by atoms with Crippen LogP contribution < -0.4 is 4.74 Å². The number of fused-ring (bicyclic) bond motifs is 1. The number of carbonyl (C=O) groups excluding carboxylic acids is 1. The van der Waals surface area contributed by atoms with Crippen LogP contribution >= 0.6 is 10.9 Å². The van der Waals surface area contributed by atoms with Gasteiger partial charge in [-0.2, -0.15) is 0 Å². The smallest absolute Gasteiger partial charge is 0.210 e. The Morgan fingerprint density at radius 1 is 1.05 bits per heavy atom. The molecule has 19 heavy (non-hydrogen) atoms. The summed E-state index contributed by atoms with van der Waals surface area (Å²) in [5.74, 6) is 0.792. The maximum absolute atomic E-state index is 12.5. The van der Waals surface area contributed by atoms with Gasteiger partial charge in [-0.15, -0.1) is 10.9 Å². The highest BCUT2D eigenvalue weighted by Gasteiger charge is 2.22. The molecule has 3 nitrogen and oxygen atoms in total. The quantitative estimate of drug-likeness (QED) is 0.848. The van der Waals surface area contributed by atoms with Gasteiger partial charge in [-0.1, -0.05) is 12.1 Å². The second kappa shape index (κ2) is 4.90. The normalized spacial score (nSPS) is 19.0. The van der Waals surface area contributed by atoms with E-state index in [0.29, 0.717) is 5.56 Å². The van der Waals surface area contributed by atoms with Crippen LogP contribution in [0.1, 0.15) is 10.4 Å². The van der Waals surface area contributed by atoms with Gasteiger partial charge in [0.15, 0.2) is 0 Å². The van der Waals surface area contributed by atoms with E-state index >= 15 is 0 Å². The van der Waals surface area contributed by atoms with Crippen LogP contribution in [-0.4, -0.2) is 17.8 Å². The van der Waals surface area contributed by atoms with Crippen molar-refractivity contribution in [2.45, 2.75) is 4.90 Å². The van der Waals surface area contributed by atoms with Crippen LogP contribution in [0.2, 0.25) is 0 Å². The molecule has 0 amide bonds. The van der Waals surface area contributed by atoms with Gasteiger partial charge in [-0.3, -0.25) is 9.79 Å². The van der Waals surface area contributed by atoms with E-state index in [9.17, 15) is 4.79 Å². The number of aliphatic imine (C=N–C) groups is 1. The van der Waals surface area contributed by atoms with Crippen LogP contribution in [0.4, 0.5) is 5.69 Å². The number of benzene rings is 2. The molecule has 0 bridgehead atoms. The van der Waals surface area contributed by atoms with Gasteiger partial charge in [0.25, 0.3) is 0 Å². The molecule has 0 aromatic heterocycles. The lowest BCUT2D eigenvalue weighted by Gasteiger charge is -2.20. The summed E-state index contributed by atoms with van der Waals surface area (Å²) in [6.07, 6.45) is 0. The highest BCUT2D eigenvalue weighted by atomic mass is 32.2. The van der Waals surface area contributed by atoms with Crippen molar-refractivity contribution in [3.05, 3.63) is 54.1 Å². The van der Waals surface area contributed by atoms with Crippen molar-refractivity contribution in [1.82, 2.24) is 0 Å². The average Bonchev–Trinajstić information content (AvgIpc) is 2.48. The predicted molar refractivity (Wildman–Crippen MR) is 79.2 cm³/mol. The SMILES string of the molecule is COc1ccc([SH]2C=Nc3ccccc3C2=O)cc1. The van der Waals surface area contributed by atoms with E-state index in [1.165, 1.54) is 0 Å². The molecule has 96 valence electrons. The van der Waals surface area contributed by atoms with Gasteiger partial charge in [0.1, 0.15) is 5.75 Å². The Balaban J connectivity index is 1.97. The van der Waals surface area contributed by atoms with Gasteiger partial charge in [0.05, 0.1) is 23.9 Å². The summed E-state index contributed by atoms with van der Waals surface area (Å²) in [4.78, 5) is 17.9. The first kappa shape index (κ1) is 12.0. The van der Waals surface area contributed by atoms with Gasteiger partial charge in [0.2, 0.25) is 5.12 Å². The van der Waals surface area contributed by atoms with Crippen molar-refractivity contribution in [3.63, 3.8) is 0 Å². The molecular formula is C15H13NO2S. The number of para-hydroxylation sites is 1. The Hall–Kier alpha value is -2.07. The molecule has 0 N–H and O–H groups in total. The summed E-state index contributed by atoms with van der Waals surface area (Å²) in [5, 5.41) is 0.158. The van der Waals surface area contributed by atoms with E-state index in [1.54, 1.807) is 12.7 Å². The summed E-state index contributed by atoms with van der Waals surface area (Å²) in [6, 6.07) is 15.1. The second-order valence-electron chi connectivity index (χ2n) is 4.13. The molecule has 0 spiro atoms. The number of hydrogen-bond donors (Lipinski definition) is 1. The van der Waals surface area contributed by atoms with Crippen LogP contribution in [0.25, 0.3) is 0 Å². The number of methoxy groups -OCH3 is 1. The Morgan fingerprint density at radius 2 is 1.79 bits per heavy atom. The Labute approximate surface area is 114 Å². The van der Waals surface area contributed by atoms with Gasteiger partial charge in [0, 0.05) is 0 Å². The zero-order valence-corrected chi connectivity index (χ0v) is 11.3. The van der Waals surface area contributed by atoms with Crippen molar-refractivity contribution in [2.24, 2.45) is 4.99 Å². The van der Waals surface area contributed by atoms with E-state index in [0.717, 1.165) is 16.3 Å². The summed E-state index contributed by atoms with van der Waals surface area (Å²) in [5.41, 5.74) is 3.26. The Morgan fingerprint density at radius 3 is 2.53 bits per heavy atom. The largest absolute Gasteiger partial charge is 0.497 e. The maximum atomic E-state index is 12.5. The molecule has 1 atom stereocenters. The Bertz CT molecular complexity index is 649. The third kappa shape index (κ3) is 2.15. The molecule has 1 unspecified atom stereocenters. The fourth-order valence-corrected chi connectivity index (χ4v) is 3.63. The molecule has 0 fully saturated rings. The molecule has 0 radical (unpaired) electrons. The minimum absolute atomic E-state index is 0.158. The zero-order valence-electron chi connectivity index (χ0n) is 10.4. The molecule has 0 saturated heterocycles. The van der Waals surface area contributed by atoms with Crippen molar-refractivity contribution in [3.8, 4) is 5.75 Å². The van der Waals surface area contributed by atoms with Gasteiger partial charge >= 0.3 is 0 Å². The van der Waals surface area contributed by atoms with Gasteiger partial charge in [-0.05, 0) is 41.3 Å². The van der Waals surface area contributed by atoms with Crippen LogP contribution in [0.5, 0.6) is 5.75 Å². The third-order valence-corrected chi connectivity index (χ3v) is 4.90. The van der Waals surface area contributed by atoms with Crippen LogP contribution in [-0.2, 0) is 0 Å². The summed E-state index contributed by atoms with van der Waals surface area (Å²) in [6.45, 7) is 0. The molecule has 1 aliphatic rings. The monoisotopic (exact) mass is 271 g/mol. The van der Waals surface area contributed by atoms with Crippen LogP contribution in [0, 0.1) is 0 Å². The summed E-state index contributed by atoms with van der Waals surface area (Å²) < 4.78 is 5.13. The number of thiol groups is 1. The van der Waals surface area contributed by atoms with Gasteiger partial charge < -0.3 is 4.74 Å². The minimum Gasteiger partial charge on any atom is -0.497 e. The van der Waals surface area contributed by atoms with E-state index in [2.05, 4.69) is 4.99 Å². The molecule has 1 heterocycles. The highest BCUT2D eigenvalue weighted by molar-refractivity contribution is 8.40. The first-order valence-corrected chi connectivity index (χ1v) is 7.31. The molecule has 1 aliphatic heterocycles. The highest BCUT2D eigenvalue weighted by Crippen LogP contribution is 2.43. The zero-order chi connectivity index (χ0) is 13.2. The lowest BCUT2D eigenvalue weighted by molar-refractivity contribution is 0.108. The molecular weight excluding hydrogens is 258 g/mol. The number of rotatable bonds is 2. The van der Waals surface area contributed by atoms with Crippen molar-refractivity contribution >= 4 is 27.2 Å². The van der Waals surface area contributed by atoms with Crippen LogP contribution in [0.15, 0.2) is 58.4 Å². The standard InChI is InChI=1S/C15H13NO2S/c1-18-11-6-8-12(9-7-11)19-10-16-14-5-3-2-4-13(14)15(19)17/h2-10,19H,1H3. The predicted octanol–water partition coefficient (Wildman–Crippen LogP) is 3.57. The van der Waals surface area contributed by atoms with Crippen molar-refractivity contribution < 1.29 is 9.53 Å². The van der Waals surface area contributed by atoms with Crippen molar-refractivity contribution in [2.75, 3.05) is 7.11 Å². The average molecular weight is 271 g/mol. The number of nitrogens with zero attached hydrogens (tertiary/aromatic N) is 1. The van der Waals surface area contributed by atoms with Gasteiger partial charge in [-0.25, -0.2) is 0 Å². The number of carbonyl (C=O) groups is 1. The number of hydrogen-bond acceptors (Lipinski definition) is 3.